The number of carbonyl (C=O) groups excluding carboxylic acids is 1. The van der Waals surface area contributed by atoms with E-state index in [1.807, 2.05) is 20.8 Å². The van der Waals surface area contributed by atoms with Crippen molar-refractivity contribution in [3.05, 3.63) is 35.7 Å². The van der Waals surface area contributed by atoms with Gasteiger partial charge in [-0.2, -0.15) is 4.98 Å². The number of aryl methyl sites for hydroxylation is 1. The lowest BCUT2D eigenvalue weighted by Gasteiger charge is -2.33. The number of aromatic nitrogens is 2. The van der Waals surface area contributed by atoms with E-state index in [1.54, 1.807) is 17.0 Å². The molecule has 3 rings (SSSR count). The molecule has 1 fully saturated rings. The van der Waals surface area contributed by atoms with Crippen LogP contribution in [0.4, 0.5) is 4.79 Å². The topological polar surface area (TPSA) is 106 Å². The van der Waals surface area contributed by atoms with Crippen molar-refractivity contribution < 1.29 is 24.0 Å². The van der Waals surface area contributed by atoms with E-state index in [1.165, 1.54) is 12.1 Å². The standard InChI is InChI=1S/C22H29N3O5/c1-22(2,3)29-21(28)25-13-11-15(12-14-25)5-4-6-18-23-19(24-30-18)16-7-9-17(10-8-16)20(26)27/h7-10,15H,4-6,11-14H2,1-3H3,(H,26,27). The van der Waals surface area contributed by atoms with Gasteiger partial charge < -0.3 is 19.3 Å². The molecule has 2 heterocycles. The number of hydrogen-bond acceptors (Lipinski definition) is 6. The highest BCUT2D eigenvalue weighted by Gasteiger charge is 2.26. The number of carbonyl (C=O) groups is 2. The summed E-state index contributed by atoms with van der Waals surface area (Å²) in [7, 11) is 0. The molecule has 1 aromatic heterocycles. The highest BCUT2D eigenvalue weighted by atomic mass is 16.6. The van der Waals surface area contributed by atoms with Crippen LogP contribution in [0.25, 0.3) is 11.4 Å². The zero-order chi connectivity index (χ0) is 21.7. The van der Waals surface area contributed by atoms with Gasteiger partial charge in [0.05, 0.1) is 5.56 Å². The van der Waals surface area contributed by atoms with Crippen LogP contribution in [0.3, 0.4) is 0 Å². The Kier molecular flexibility index (Phi) is 6.74. The summed E-state index contributed by atoms with van der Waals surface area (Å²) in [6, 6.07) is 6.40. The van der Waals surface area contributed by atoms with Gasteiger partial charge in [0.25, 0.3) is 0 Å². The Morgan fingerprint density at radius 2 is 1.87 bits per heavy atom. The number of aromatic carboxylic acids is 1. The van der Waals surface area contributed by atoms with E-state index in [-0.39, 0.29) is 11.7 Å². The molecule has 0 radical (unpaired) electrons. The third-order valence-corrected chi connectivity index (χ3v) is 5.13. The fraction of sp³-hybridized carbons (Fsp3) is 0.545. The maximum absolute atomic E-state index is 12.1. The van der Waals surface area contributed by atoms with Crippen LogP contribution in [-0.4, -0.2) is 50.9 Å². The Morgan fingerprint density at radius 3 is 2.47 bits per heavy atom. The SMILES string of the molecule is CC(C)(C)OC(=O)N1CCC(CCCc2nc(-c3ccc(C(=O)O)cc3)no2)CC1. The smallest absolute Gasteiger partial charge is 0.410 e. The molecule has 1 amide bonds. The third-order valence-electron chi connectivity index (χ3n) is 5.13. The number of hydrogen-bond donors (Lipinski definition) is 1. The molecule has 0 unspecified atom stereocenters. The van der Waals surface area contributed by atoms with Crippen LogP contribution in [0.2, 0.25) is 0 Å². The lowest BCUT2D eigenvalue weighted by atomic mass is 9.92. The van der Waals surface area contributed by atoms with Gasteiger partial charge in [0.15, 0.2) is 0 Å². The minimum absolute atomic E-state index is 0.222. The third kappa shape index (κ3) is 6.05. The molecule has 0 atom stereocenters. The van der Waals surface area contributed by atoms with Gasteiger partial charge in [-0.1, -0.05) is 17.3 Å². The van der Waals surface area contributed by atoms with Crippen molar-refractivity contribution >= 4 is 12.1 Å². The van der Waals surface area contributed by atoms with Crippen molar-refractivity contribution in [2.24, 2.45) is 5.92 Å². The zero-order valence-electron chi connectivity index (χ0n) is 17.8. The number of carboxylic acid groups (broad SMARTS) is 1. The largest absolute Gasteiger partial charge is 0.478 e. The summed E-state index contributed by atoms with van der Waals surface area (Å²) in [5.74, 6) is 0.660. The predicted molar refractivity (Wildman–Crippen MR) is 110 cm³/mol. The quantitative estimate of drug-likeness (QED) is 0.745. The molecule has 2 aromatic rings. The summed E-state index contributed by atoms with van der Waals surface area (Å²) >= 11 is 0. The minimum atomic E-state index is -0.965. The predicted octanol–water partition coefficient (Wildman–Crippen LogP) is 4.40. The highest BCUT2D eigenvalue weighted by Crippen LogP contribution is 2.24. The molecule has 0 aliphatic carbocycles. The average Bonchev–Trinajstić information content (AvgIpc) is 3.16. The molecule has 1 N–H and O–H groups in total. The molecular formula is C22H29N3O5. The van der Waals surface area contributed by atoms with Gasteiger partial charge in [-0.25, -0.2) is 9.59 Å². The van der Waals surface area contributed by atoms with Crippen LogP contribution in [0.15, 0.2) is 28.8 Å². The number of piperidine rings is 1. The first-order valence-electron chi connectivity index (χ1n) is 10.4. The molecule has 0 saturated carbocycles. The van der Waals surface area contributed by atoms with Crippen LogP contribution in [-0.2, 0) is 11.2 Å². The molecule has 1 saturated heterocycles. The van der Waals surface area contributed by atoms with E-state index in [9.17, 15) is 9.59 Å². The lowest BCUT2D eigenvalue weighted by Crippen LogP contribution is -2.41. The van der Waals surface area contributed by atoms with E-state index in [0.717, 1.165) is 44.3 Å². The van der Waals surface area contributed by atoms with Gasteiger partial charge in [0.1, 0.15) is 5.60 Å². The van der Waals surface area contributed by atoms with Crippen molar-refractivity contribution in [1.29, 1.82) is 0 Å². The number of ether oxygens (including phenoxy) is 1. The average molecular weight is 415 g/mol. The fourth-order valence-corrected chi connectivity index (χ4v) is 3.51. The first kappa shape index (κ1) is 21.8. The number of amides is 1. The summed E-state index contributed by atoms with van der Waals surface area (Å²) in [6.45, 7) is 7.11. The van der Waals surface area contributed by atoms with Gasteiger partial charge in [-0.05, 0) is 64.5 Å². The highest BCUT2D eigenvalue weighted by molar-refractivity contribution is 5.88. The molecular weight excluding hydrogens is 386 g/mol. The minimum Gasteiger partial charge on any atom is -0.478 e. The Balaban J connectivity index is 1.41. The summed E-state index contributed by atoms with van der Waals surface area (Å²) in [4.78, 5) is 29.3. The molecule has 1 aromatic carbocycles. The van der Waals surface area contributed by atoms with Crippen molar-refractivity contribution in [1.82, 2.24) is 15.0 Å². The number of benzene rings is 1. The van der Waals surface area contributed by atoms with Gasteiger partial charge in [-0.3, -0.25) is 0 Å². The summed E-state index contributed by atoms with van der Waals surface area (Å²) < 4.78 is 10.8. The summed E-state index contributed by atoms with van der Waals surface area (Å²) in [5, 5.41) is 13.0. The normalized spacial score (nSPS) is 15.2. The van der Waals surface area contributed by atoms with Crippen LogP contribution in [0, 0.1) is 5.92 Å². The number of rotatable bonds is 6. The van der Waals surface area contributed by atoms with Gasteiger partial charge in [0.2, 0.25) is 11.7 Å². The van der Waals surface area contributed by atoms with Crippen molar-refractivity contribution in [2.45, 2.75) is 58.5 Å². The number of carboxylic acids is 1. The second-order valence-corrected chi connectivity index (χ2v) is 8.70. The van der Waals surface area contributed by atoms with Crippen LogP contribution >= 0.6 is 0 Å². The Morgan fingerprint density at radius 1 is 1.20 bits per heavy atom. The van der Waals surface area contributed by atoms with Crippen molar-refractivity contribution in [2.75, 3.05) is 13.1 Å². The van der Waals surface area contributed by atoms with E-state index in [2.05, 4.69) is 10.1 Å². The summed E-state index contributed by atoms with van der Waals surface area (Å²) in [5.41, 5.74) is 0.486. The molecule has 1 aliphatic heterocycles. The maximum Gasteiger partial charge on any atom is 0.410 e. The summed E-state index contributed by atoms with van der Waals surface area (Å²) in [6.07, 6.45) is 4.42. The lowest BCUT2D eigenvalue weighted by molar-refractivity contribution is 0.0180. The van der Waals surface area contributed by atoms with Crippen LogP contribution in [0.5, 0.6) is 0 Å². The van der Waals surface area contributed by atoms with E-state index in [0.29, 0.717) is 24.1 Å². The number of nitrogens with zero attached hydrogens (tertiary/aromatic N) is 3. The number of likely N-dealkylation sites (tertiary alicyclic amines) is 1. The Labute approximate surface area is 176 Å². The van der Waals surface area contributed by atoms with E-state index in [4.69, 9.17) is 14.4 Å². The Hall–Kier alpha value is -2.90. The van der Waals surface area contributed by atoms with E-state index >= 15 is 0 Å². The first-order valence-corrected chi connectivity index (χ1v) is 10.4. The molecule has 0 bridgehead atoms. The molecule has 0 spiro atoms. The molecule has 8 nitrogen and oxygen atoms in total. The van der Waals surface area contributed by atoms with Gasteiger partial charge in [0, 0.05) is 25.1 Å². The van der Waals surface area contributed by atoms with Gasteiger partial charge >= 0.3 is 12.1 Å². The van der Waals surface area contributed by atoms with Crippen LogP contribution in [0.1, 0.15) is 62.7 Å². The monoisotopic (exact) mass is 415 g/mol. The molecule has 8 heteroatoms. The zero-order valence-corrected chi connectivity index (χ0v) is 17.8. The molecule has 1 aliphatic rings. The van der Waals surface area contributed by atoms with Crippen molar-refractivity contribution in [3.63, 3.8) is 0 Å². The van der Waals surface area contributed by atoms with E-state index < -0.39 is 11.6 Å². The molecule has 30 heavy (non-hydrogen) atoms. The fourth-order valence-electron chi connectivity index (χ4n) is 3.51. The maximum atomic E-state index is 12.1. The molecule has 162 valence electrons. The second-order valence-electron chi connectivity index (χ2n) is 8.70. The first-order chi connectivity index (χ1) is 14.2. The van der Waals surface area contributed by atoms with Crippen molar-refractivity contribution in [3.8, 4) is 11.4 Å². The Bertz CT molecular complexity index is 862. The van der Waals surface area contributed by atoms with Gasteiger partial charge in [-0.15, -0.1) is 0 Å². The van der Waals surface area contributed by atoms with Crippen LogP contribution < -0.4 is 0 Å². The second kappa shape index (κ2) is 9.28.